The van der Waals surface area contributed by atoms with E-state index in [0.29, 0.717) is 17.7 Å². The van der Waals surface area contributed by atoms with Gasteiger partial charge in [-0.1, -0.05) is 0 Å². The van der Waals surface area contributed by atoms with E-state index in [-0.39, 0.29) is 37.8 Å². The van der Waals surface area contributed by atoms with Gasteiger partial charge in [0.15, 0.2) is 11.2 Å². The van der Waals surface area contributed by atoms with Crippen LogP contribution in [0.1, 0.15) is 6.42 Å². The Morgan fingerprint density at radius 2 is 2.12 bits per heavy atom. The minimum Gasteiger partial charge on any atom is -0.469 e. The number of rotatable bonds is 9. The van der Waals surface area contributed by atoms with Gasteiger partial charge in [-0.05, 0) is 0 Å². The largest absolute Gasteiger partial charge is 0.469 e. The van der Waals surface area contributed by atoms with Crippen LogP contribution in [-0.2, 0) is 20.6 Å². The van der Waals surface area contributed by atoms with Crippen LogP contribution in [0.25, 0.3) is 11.2 Å². The zero-order valence-electron chi connectivity index (χ0n) is 13.7. The van der Waals surface area contributed by atoms with Gasteiger partial charge in [0.1, 0.15) is 6.33 Å². The molecule has 11 nitrogen and oxygen atoms in total. The molecule has 0 amide bonds. The standard InChI is InChI=1S/C13H20N5O6P/c1-24-10(19)2-3-17(6-7-25(21,22)23)4-5-18-9-16-12-11(13(18)20)14-8-15-12/h8-9H,2-7H2,1H3,(H,14,15)(H2,21,22,23). The smallest absolute Gasteiger partial charge is 0.326 e. The number of fused-ring (bicyclic) bond motifs is 1. The first kappa shape index (κ1) is 19.3. The van der Waals surface area contributed by atoms with Crippen LogP contribution in [0.15, 0.2) is 17.4 Å². The van der Waals surface area contributed by atoms with E-state index in [4.69, 9.17) is 9.79 Å². The SMILES string of the molecule is COC(=O)CCN(CCn1cnc2nc[nH]c2c1=O)CCP(=O)(O)O. The number of carbonyl (C=O) groups is 1. The lowest BCUT2D eigenvalue weighted by atomic mass is 10.3. The molecule has 0 aliphatic carbocycles. The molecule has 0 aliphatic rings. The Morgan fingerprint density at radius 1 is 1.36 bits per heavy atom. The summed E-state index contributed by atoms with van der Waals surface area (Å²) in [5, 5.41) is 0. The van der Waals surface area contributed by atoms with E-state index in [9.17, 15) is 14.2 Å². The second-order valence-electron chi connectivity index (χ2n) is 5.40. The third-order valence-corrected chi connectivity index (χ3v) is 4.42. The van der Waals surface area contributed by atoms with E-state index in [0.717, 1.165) is 0 Å². The molecule has 0 saturated carbocycles. The van der Waals surface area contributed by atoms with Crippen LogP contribution in [0.5, 0.6) is 0 Å². The first-order chi connectivity index (χ1) is 11.8. The predicted octanol–water partition coefficient (Wildman–Crippen LogP) is -0.838. The summed E-state index contributed by atoms with van der Waals surface area (Å²) in [4.78, 5) is 54.0. The Kier molecular flexibility index (Phi) is 6.43. The zero-order chi connectivity index (χ0) is 18.4. The number of methoxy groups -OCH3 is 1. The van der Waals surface area contributed by atoms with E-state index in [1.54, 1.807) is 4.90 Å². The summed E-state index contributed by atoms with van der Waals surface area (Å²) >= 11 is 0. The molecular formula is C13H20N5O6P. The number of aromatic nitrogens is 4. The Hall–Kier alpha value is -2.07. The van der Waals surface area contributed by atoms with Crippen molar-refractivity contribution in [2.75, 3.05) is 32.9 Å². The quantitative estimate of drug-likeness (QED) is 0.377. The lowest BCUT2D eigenvalue weighted by Crippen LogP contribution is -2.34. The molecule has 25 heavy (non-hydrogen) atoms. The van der Waals surface area contributed by atoms with E-state index in [1.807, 2.05) is 0 Å². The van der Waals surface area contributed by atoms with E-state index < -0.39 is 13.6 Å². The average Bonchev–Trinajstić information content (AvgIpc) is 3.04. The number of hydrogen-bond acceptors (Lipinski definition) is 7. The number of nitrogens with one attached hydrogen (secondary N) is 1. The van der Waals surface area contributed by atoms with Crippen molar-refractivity contribution in [2.45, 2.75) is 13.0 Å². The highest BCUT2D eigenvalue weighted by molar-refractivity contribution is 7.51. The van der Waals surface area contributed by atoms with Gasteiger partial charge in [0, 0.05) is 26.2 Å². The van der Waals surface area contributed by atoms with Crippen LogP contribution in [0.2, 0.25) is 0 Å². The molecule has 0 aromatic carbocycles. The highest BCUT2D eigenvalue weighted by Gasteiger charge is 2.17. The number of esters is 1. The van der Waals surface area contributed by atoms with Gasteiger partial charge < -0.3 is 24.4 Å². The summed E-state index contributed by atoms with van der Waals surface area (Å²) in [7, 11) is -2.88. The minimum atomic E-state index is -4.16. The highest BCUT2D eigenvalue weighted by Crippen LogP contribution is 2.33. The number of ether oxygens (including phenoxy) is 1. The molecule has 2 aromatic rings. The van der Waals surface area contributed by atoms with Gasteiger partial charge in [-0.25, -0.2) is 9.97 Å². The van der Waals surface area contributed by atoms with Gasteiger partial charge >= 0.3 is 13.6 Å². The van der Waals surface area contributed by atoms with Gasteiger partial charge in [-0.15, -0.1) is 0 Å². The lowest BCUT2D eigenvalue weighted by Gasteiger charge is -2.22. The molecule has 0 fully saturated rings. The van der Waals surface area contributed by atoms with Crippen molar-refractivity contribution in [1.29, 1.82) is 0 Å². The van der Waals surface area contributed by atoms with Gasteiger partial charge in [-0.2, -0.15) is 0 Å². The molecule has 0 aliphatic heterocycles. The van der Waals surface area contributed by atoms with Crippen LogP contribution in [0, 0.1) is 0 Å². The molecule has 138 valence electrons. The third-order valence-electron chi connectivity index (χ3n) is 3.64. The first-order valence-electron chi connectivity index (χ1n) is 7.52. The number of aromatic amines is 1. The fourth-order valence-corrected chi connectivity index (χ4v) is 2.77. The van der Waals surface area contributed by atoms with Crippen molar-refractivity contribution < 1.29 is 23.9 Å². The van der Waals surface area contributed by atoms with Crippen LogP contribution < -0.4 is 5.56 Å². The summed E-state index contributed by atoms with van der Waals surface area (Å²) in [5.74, 6) is -0.418. The molecule has 2 heterocycles. The number of carbonyl (C=O) groups excluding carboxylic acids is 1. The van der Waals surface area contributed by atoms with Crippen LogP contribution in [0.3, 0.4) is 0 Å². The van der Waals surface area contributed by atoms with Crippen molar-refractivity contribution in [2.24, 2.45) is 0 Å². The van der Waals surface area contributed by atoms with E-state index >= 15 is 0 Å². The monoisotopic (exact) mass is 373 g/mol. The second-order valence-corrected chi connectivity index (χ2v) is 7.18. The molecule has 2 rings (SSSR count). The number of nitrogens with zero attached hydrogens (tertiary/aromatic N) is 4. The summed E-state index contributed by atoms with van der Waals surface area (Å²) < 4.78 is 17.0. The van der Waals surface area contributed by atoms with Crippen molar-refractivity contribution in [3.8, 4) is 0 Å². The Morgan fingerprint density at radius 3 is 2.80 bits per heavy atom. The number of H-pyrrole nitrogens is 1. The fraction of sp³-hybridized carbons (Fsp3) is 0.538. The fourth-order valence-electron chi connectivity index (χ4n) is 2.23. The van der Waals surface area contributed by atoms with Gasteiger partial charge in [0.25, 0.3) is 5.56 Å². The van der Waals surface area contributed by atoms with Crippen molar-refractivity contribution in [3.63, 3.8) is 0 Å². The Labute approximate surface area is 142 Å². The van der Waals surface area contributed by atoms with Crippen LogP contribution in [-0.4, -0.2) is 73.1 Å². The van der Waals surface area contributed by atoms with Crippen molar-refractivity contribution >= 4 is 24.7 Å². The molecule has 0 atom stereocenters. The van der Waals surface area contributed by atoms with Gasteiger partial charge in [0.05, 0.1) is 26.0 Å². The normalized spacial score (nSPS) is 12.0. The molecule has 0 bridgehead atoms. The predicted molar refractivity (Wildman–Crippen MR) is 88.1 cm³/mol. The van der Waals surface area contributed by atoms with Crippen LogP contribution >= 0.6 is 7.60 Å². The summed E-state index contributed by atoms with van der Waals surface area (Å²) in [5.41, 5.74) is 0.328. The first-order valence-corrected chi connectivity index (χ1v) is 9.32. The molecule has 0 radical (unpaired) electrons. The highest BCUT2D eigenvalue weighted by atomic mass is 31.2. The second kappa shape index (κ2) is 8.34. The molecule has 0 saturated heterocycles. The molecule has 0 spiro atoms. The Bertz CT molecular complexity index is 828. The molecule has 0 unspecified atom stereocenters. The maximum Gasteiger partial charge on any atom is 0.326 e. The van der Waals surface area contributed by atoms with Gasteiger partial charge in [-0.3, -0.25) is 18.7 Å². The number of hydrogen-bond donors (Lipinski definition) is 3. The summed E-state index contributed by atoms with van der Waals surface area (Å²) in [6.45, 7) is 0.929. The zero-order valence-corrected chi connectivity index (χ0v) is 14.6. The maximum absolute atomic E-state index is 12.3. The average molecular weight is 373 g/mol. The maximum atomic E-state index is 12.3. The van der Waals surface area contributed by atoms with Crippen molar-refractivity contribution in [1.82, 2.24) is 24.4 Å². The van der Waals surface area contributed by atoms with Gasteiger partial charge in [0.2, 0.25) is 0 Å². The number of imidazole rings is 1. The Balaban J connectivity index is 2.03. The van der Waals surface area contributed by atoms with Crippen LogP contribution in [0.4, 0.5) is 0 Å². The molecular weight excluding hydrogens is 353 g/mol. The third kappa shape index (κ3) is 5.75. The van der Waals surface area contributed by atoms with E-state index in [2.05, 4.69) is 19.7 Å². The summed E-state index contributed by atoms with van der Waals surface area (Å²) in [6, 6.07) is 0. The topological polar surface area (TPSA) is 151 Å². The minimum absolute atomic E-state index is 0.0877. The van der Waals surface area contributed by atoms with E-state index in [1.165, 1.54) is 24.3 Å². The molecule has 12 heteroatoms. The molecule has 2 aromatic heterocycles. The lowest BCUT2D eigenvalue weighted by molar-refractivity contribution is -0.140. The summed E-state index contributed by atoms with van der Waals surface area (Å²) in [6.07, 6.45) is 2.50. The van der Waals surface area contributed by atoms with Crippen molar-refractivity contribution in [3.05, 3.63) is 23.0 Å². The molecule has 3 N–H and O–H groups in total.